The van der Waals surface area contributed by atoms with Crippen LogP contribution in [-0.4, -0.2) is 25.5 Å². The lowest BCUT2D eigenvalue weighted by molar-refractivity contribution is 0.102. The molecule has 0 saturated carbocycles. The molecule has 26 heavy (non-hydrogen) atoms. The molecule has 0 aliphatic heterocycles. The summed E-state index contributed by atoms with van der Waals surface area (Å²) in [4.78, 5) is 21.6. The first-order valence-corrected chi connectivity index (χ1v) is 9.05. The van der Waals surface area contributed by atoms with Gasteiger partial charge in [0, 0.05) is 23.3 Å². The number of carbonyl (C=O) groups is 1. The zero-order valence-electron chi connectivity index (χ0n) is 14.6. The predicted molar refractivity (Wildman–Crippen MR) is 103 cm³/mol. The van der Waals surface area contributed by atoms with Gasteiger partial charge >= 0.3 is 0 Å². The van der Waals surface area contributed by atoms with Gasteiger partial charge in [-0.25, -0.2) is 14.5 Å². The summed E-state index contributed by atoms with van der Waals surface area (Å²) < 4.78 is 1.60. The molecular weight excluding hydrogens is 346 g/mol. The maximum atomic E-state index is 12.7. The molecule has 0 aliphatic carbocycles. The Morgan fingerprint density at radius 1 is 1.23 bits per heavy atom. The molecule has 1 aromatic carbocycles. The number of benzene rings is 1. The molecule has 3 aromatic heterocycles. The molecule has 130 valence electrons. The van der Waals surface area contributed by atoms with Crippen LogP contribution in [0.3, 0.4) is 0 Å². The van der Waals surface area contributed by atoms with E-state index in [-0.39, 0.29) is 5.91 Å². The van der Waals surface area contributed by atoms with Crippen molar-refractivity contribution in [1.29, 1.82) is 0 Å². The van der Waals surface area contributed by atoms with Crippen LogP contribution < -0.4 is 5.32 Å². The summed E-state index contributed by atoms with van der Waals surface area (Å²) in [5, 5.41) is 9.71. The van der Waals surface area contributed by atoms with Gasteiger partial charge in [-0.3, -0.25) is 10.1 Å². The number of fused-ring (bicyclic) bond motifs is 1. The molecule has 0 atom stereocenters. The van der Waals surface area contributed by atoms with Crippen molar-refractivity contribution in [2.45, 2.75) is 20.8 Å². The molecule has 4 rings (SSSR count). The van der Waals surface area contributed by atoms with Crippen LogP contribution in [-0.2, 0) is 0 Å². The largest absolute Gasteiger partial charge is 0.298 e. The topological polar surface area (TPSA) is 72.2 Å². The molecule has 4 aromatic rings. The molecule has 7 heteroatoms. The van der Waals surface area contributed by atoms with Gasteiger partial charge in [0.2, 0.25) is 0 Å². The highest BCUT2D eigenvalue weighted by Gasteiger charge is 2.19. The van der Waals surface area contributed by atoms with Crippen LogP contribution in [0.5, 0.6) is 0 Å². The van der Waals surface area contributed by atoms with E-state index in [9.17, 15) is 4.79 Å². The van der Waals surface area contributed by atoms with Crippen LogP contribution in [0.25, 0.3) is 16.9 Å². The Morgan fingerprint density at radius 3 is 2.88 bits per heavy atom. The molecule has 1 N–H and O–H groups in total. The highest BCUT2D eigenvalue weighted by Crippen LogP contribution is 2.28. The minimum atomic E-state index is -0.252. The Labute approximate surface area is 154 Å². The van der Waals surface area contributed by atoms with Gasteiger partial charge in [0.1, 0.15) is 5.56 Å². The summed E-state index contributed by atoms with van der Waals surface area (Å²) in [6.07, 6.45) is 3.42. The smallest absolute Gasteiger partial charge is 0.263 e. The van der Waals surface area contributed by atoms with E-state index < -0.39 is 0 Å². The average molecular weight is 363 g/mol. The van der Waals surface area contributed by atoms with Crippen LogP contribution in [0.15, 0.2) is 42.0 Å². The number of anilines is 1. The second kappa shape index (κ2) is 6.34. The highest BCUT2D eigenvalue weighted by molar-refractivity contribution is 7.14. The molecule has 0 aliphatic rings. The molecule has 0 saturated heterocycles. The second-order valence-corrected chi connectivity index (χ2v) is 7.02. The Kier molecular flexibility index (Phi) is 4.00. The first-order valence-electron chi connectivity index (χ1n) is 8.17. The standard InChI is InChI=1S/C19H17N5OS/c1-11-5-6-14(12(2)9-11)15-10-26-19(21-15)22-18(25)16-13(3)23-24-8-4-7-20-17(16)24/h4-10H,1-3H3,(H,21,22,25). The summed E-state index contributed by atoms with van der Waals surface area (Å²) in [6, 6.07) is 8.03. The van der Waals surface area contributed by atoms with Crippen molar-refractivity contribution in [3.05, 3.63) is 64.4 Å². The summed E-state index contributed by atoms with van der Waals surface area (Å²) in [5.74, 6) is -0.252. The number of nitrogens with zero attached hydrogens (tertiary/aromatic N) is 4. The number of aromatic nitrogens is 4. The van der Waals surface area contributed by atoms with E-state index in [1.54, 1.807) is 29.9 Å². The lowest BCUT2D eigenvalue weighted by Crippen LogP contribution is -2.13. The molecule has 0 spiro atoms. The van der Waals surface area contributed by atoms with Crippen LogP contribution in [0.2, 0.25) is 0 Å². The number of carbonyl (C=O) groups excluding carboxylic acids is 1. The Bertz CT molecular complexity index is 1130. The number of hydrogen-bond acceptors (Lipinski definition) is 5. The monoisotopic (exact) mass is 363 g/mol. The van der Waals surface area contributed by atoms with E-state index in [0.29, 0.717) is 22.0 Å². The normalized spacial score (nSPS) is 11.0. The van der Waals surface area contributed by atoms with E-state index in [2.05, 4.69) is 52.4 Å². The van der Waals surface area contributed by atoms with E-state index >= 15 is 0 Å². The minimum Gasteiger partial charge on any atom is -0.298 e. The Balaban J connectivity index is 1.63. The molecule has 3 heterocycles. The zero-order chi connectivity index (χ0) is 18.3. The van der Waals surface area contributed by atoms with Crippen LogP contribution in [0.1, 0.15) is 27.2 Å². The molecule has 0 unspecified atom stereocenters. The molecule has 0 fully saturated rings. The third kappa shape index (κ3) is 2.86. The van der Waals surface area contributed by atoms with Crippen LogP contribution in [0.4, 0.5) is 5.13 Å². The average Bonchev–Trinajstić information content (AvgIpc) is 3.18. The van der Waals surface area contributed by atoms with Crippen molar-refractivity contribution in [3.8, 4) is 11.3 Å². The number of thiazole rings is 1. The summed E-state index contributed by atoms with van der Waals surface area (Å²) in [6.45, 7) is 5.93. The first-order chi connectivity index (χ1) is 12.5. The highest BCUT2D eigenvalue weighted by atomic mass is 32.1. The fourth-order valence-corrected chi connectivity index (χ4v) is 3.68. The summed E-state index contributed by atoms with van der Waals surface area (Å²) in [5.41, 5.74) is 5.94. The molecule has 1 amide bonds. The molecular formula is C19H17N5OS. The third-order valence-corrected chi connectivity index (χ3v) is 4.94. The summed E-state index contributed by atoms with van der Waals surface area (Å²) >= 11 is 1.40. The fourth-order valence-electron chi connectivity index (χ4n) is 2.98. The van der Waals surface area contributed by atoms with Crippen molar-refractivity contribution >= 4 is 28.0 Å². The fraction of sp³-hybridized carbons (Fsp3) is 0.158. The van der Waals surface area contributed by atoms with Gasteiger partial charge in [0.25, 0.3) is 5.91 Å². The Hall–Kier alpha value is -3.06. The van der Waals surface area contributed by atoms with Crippen molar-refractivity contribution in [1.82, 2.24) is 19.6 Å². The first kappa shape index (κ1) is 16.4. The van der Waals surface area contributed by atoms with E-state index in [0.717, 1.165) is 16.8 Å². The number of hydrogen-bond donors (Lipinski definition) is 1. The third-order valence-electron chi connectivity index (χ3n) is 4.18. The SMILES string of the molecule is Cc1ccc(-c2csc(NC(=O)c3c(C)nn4cccnc34)n2)c(C)c1. The van der Waals surface area contributed by atoms with E-state index in [1.807, 2.05) is 5.38 Å². The van der Waals surface area contributed by atoms with Gasteiger partial charge in [0.05, 0.1) is 11.4 Å². The number of aryl methyl sites for hydroxylation is 3. The Morgan fingerprint density at radius 2 is 2.08 bits per heavy atom. The van der Waals surface area contributed by atoms with Crippen LogP contribution in [0, 0.1) is 20.8 Å². The second-order valence-electron chi connectivity index (χ2n) is 6.16. The lowest BCUT2D eigenvalue weighted by atomic mass is 10.0. The number of nitrogens with one attached hydrogen (secondary N) is 1. The van der Waals surface area contributed by atoms with Gasteiger partial charge in [-0.1, -0.05) is 23.8 Å². The van der Waals surface area contributed by atoms with Crippen molar-refractivity contribution < 1.29 is 4.79 Å². The van der Waals surface area contributed by atoms with Crippen molar-refractivity contribution in [2.24, 2.45) is 0 Å². The number of rotatable bonds is 3. The quantitative estimate of drug-likeness (QED) is 0.596. The predicted octanol–water partition coefficient (Wildman–Crippen LogP) is 4.03. The zero-order valence-corrected chi connectivity index (χ0v) is 15.5. The van der Waals surface area contributed by atoms with E-state index in [4.69, 9.17) is 0 Å². The maximum absolute atomic E-state index is 12.7. The summed E-state index contributed by atoms with van der Waals surface area (Å²) in [7, 11) is 0. The molecule has 0 bridgehead atoms. The number of amides is 1. The maximum Gasteiger partial charge on any atom is 0.263 e. The van der Waals surface area contributed by atoms with Crippen molar-refractivity contribution in [3.63, 3.8) is 0 Å². The van der Waals surface area contributed by atoms with Gasteiger partial charge in [-0.05, 0) is 32.4 Å². The van der Waals surface area contributed by atoms with Gasteiger partial charge in [0.15, 0.2) is 10.8 Å². The van der Waals surface area contributed by atoms with Crippen LogP contribution >= 0.6 is 11.3 Å². The molecule has 0 radical (unpaired) electrons. The van der Waals surface area contributed by atoms with Gasteiger partial charge in [-0.2, -0.15) is 5.10 Å². The minimum absolute atomic E-state index is 0.252. The van der Waals surface area contributed by atoms with Gasteiger partial charge < -0.3 is 0 Å². The van der Waals surface area contributed by atoms with E-state index in [1.165, 1.54) is 16.9 Å². The lowest BCUT2D eigenvalue weighted by Gasteiger charge is -2.04. The van der Waals surface area contributed by atoms with Gasteiger partial charge in [-0.15, -0.1) is 11.3 Å². The molecule has 6 nitrogen and oxygen atoms in total. The van der Waals surface area contributed by atoms with Crippen molar-refractivity contribution in [2.75, 3.05) is 5.32 Å².